The smallest absolute Gasteiger partial charge is 0.215 e. The van der Waals surface area contributed by atoms with Crippen LogP contribution in [0.25, 0.3) is 0 Å². The number of rotatable bonds is 6. The molecule has 0 unspecified atom stereocenters. The lowest BCUT2D eigenvalue weighted by atomic mass is 9.87. The summed E-state index contributed by atoms with van der Waals surface area (Å²) >= 11 is 5.94. The van der Waals surface area contributed by atoms with Gasteiger partial charge in [0.2, 0.25) is 10.0 Å². The van der Waals surface area contributed by atoms with Gasteiger partial charge < -0.3 is 5.11 Å². The highest BCUT2D eigenvalue weighted by molar-refractivity contribution is 7.88. The Morgan fingerprint density at radius 2 is 1.90 bits per heavy atom. The molecule has 0 aromatic heterocycles. The molecule has 0 heterocycles. The van der Waals surface area contributed by atoms with E-state index in [0.717, 1.165) is 0 Å². The highest BCUT2D eigenvalue weighted by Gasteiger charge is 2.22. The Hall–Kier alpha value is -0.620. The molecule has 1 aromatic rings. The van der Waals surface area contributed by atoms with E-state index in [1.54, 1.807) is 24.3 Å². The highest BCUT2D eigenvalue weighted by Crippen LogP contribution is 2.21. The molecule has 0 radical (unpaired) electrons. The first-order valence-corrected chi connectivity index (χ1v) is 8.53. The fourth-order valence-electron chi connectivity index (χ4n) is 1.66. The van der Waals surface area contributed by atoms with Crippen LogP contribution in [0.4, 0.5) is 0 Å². The number of benzene rings is 1. The quantitative estimate of drug-likeness (QED) is 0.847. The molecule has 1 rings (SSSR count). The molecule has 0 bridgehead atoms. The fraction of sp³-hybridized carbons (Fsp3) is 0.571. The third-order valence-corrected chi connectivity index (χ3v) is 4.75. The van der Waals surface area contributed by atoms with Crippen molar-refractivity contribution in [2.45, 2.75) is 39.0 Å². The van der Waals surface area contributed by atoms with Crippen molar-refractivity contribution in [2.24, 2.45) is 5.41 Å². The maximum atomic E-state index is 11.9. The molecule has 0 amide bonds. The van der Waals surface area contributed by atoms with Gasteiger partial charge in [-0.1, -0.05) is 50.6 Å². The molecular formula is C14H22ClNO3S. The minimum absolute atomic E-state index is 0.154. The molecule has 20 heavy (non-hydrogen) atoms. The summed E-state index contributed by atoms with van der Waals surface area (Å²) in [6.07, 6.45) is -0.170. The number of aliphatic hydroxyl groups excluding tert-OH is 1. The number of hydrogen-bond acceptors (Lipinski definition) is 3. The van der Waals surface area contributed by atoms with Crippen LogP contribution in [0.2, 0.25) is 5.02 Å². The third-order valence-electron chi connectivity index (χ3n) is 3.04. The molecular weight excluding hydrogens is 298 g/mol. The number of nitrogens with one attached hydrogen (secondary N) is 1. The van der Waals surface area contributed by atoms with Gasteiger partial charge in [-0.3, -0.25) is 0 Å². The van der Waals surface area contributed by atoms with Gasteiger partial charge in [0.1, 0.15) is 0 Å². The van der Waals surface area contributed by atoms with Gasteiger partial charge in [0.15, 0.2) is 0 Å². The molecule has 114 valence electrons. The van der Waals surface area contributed by atoms with Crippen LogP contribution in [0, 0.1) is 5.41 Å². The largest absolute Gasteiger partial charge is 0.393 e. The zero-order chi connectivity index (χ0) is 15.4. The van der Waals surface area contributed by atoms with Crippen LogP contribution in [0.1, 0.15) is 32.8 Å². The zero-order valence-corrected chi connectivity index (χ0v) is 13.6. The van der Waals surface area contributed by atoms with Crippen LogP contribution in [0.15, 0.2) is 24.3 Å². The first-order chi connectivity index (χ1) is 9.12. The van der Waals surface area contributed by atoms with E-state index in [-0.39, 0.29) is 17.7 Å². The van der Waals surface area contributed by atoms with Crippen molar-refractivity contribution in [3.63, 3.8) is 0 Å². The van der Waals surface area contributed by atoms with Crippen molar-refractivity contribution < 1.29 is 13.5 Å². The second-order valence-corrected chi connectivity index (χ2v) is 8.13. The Balaban J connectivity index is 2.53. The van der Waals surface area contributed by atoms with E-state index < -0.39 is 16.1 Å². The Labute approximate surface area is 126 Å². The molecule has 0 saturated heterocycles. The van der Waals surface area contributed by atoms with Gasteiger partial charge in [0, 0.05) is 11.6 Å². The van der Waals surface area contributed by atoms with Gasteiger partial charge in [-0.2, -0.15) is 0 Å². The summed E-state index contributed by atoms with van der Waals surface area (Å²) in [4.78, 5) is 0. The molecule has 0 aliphatic heterocycles. The maximum absolute atomic E-state index is 11.9. The normalized spacial score (nSPS) is 14.2. The van der Waals surface area contributed by atoms with Crippen LogP contribution >= 0.6 is 11.6 Å². The lowest BCUT2D eigenvalue weighted by Gasteiger charge is -2.25. The number of aliphatic hydroxyl groups is 1. The highest BCUT2D eigenvalue weighted by atomic mass is 35.5. The van der Waals surface area contributed by atoms with Gasteiger partial charge in [-0.25, -0.2) is 13.1 Å². The van der Waals surface area contributed by atoms with E-state index in [4.69, 9.17) is 11.6 Å². The van der Waals surface area contributed by atoms with E-state index in [0.29, 0.717) is 17.0 Å². The third kappa shape index (κ3) is 5.79. The summed E-state index contributed by atoms with van der Waals surface area (Å²) < 4.78 is 26.4. The van der Waals surface area contributed by atoms with Crippen LogP contribution in [-0.4, -0.2) is 26.2 Å². The van der Waals surface area contributed by atoms with Gasteiger partial charge in [0.25, 0.3) is 0 Å². The summed E-state index contributed by atoms with van der Waals surface area (Å²) in [5.74, 6) is -0.154. The Morgan fingerprint density at radius 1 is 1.30 bits per heavy atom. The van der Waals surface area contributed by atoms with Crippen LogP contribution in [0.5, 0.6) is 0 Å². The molecule has 0 fully saturated rings. The second kappa shape index (κ2) is 6.89. The molecule has 1 aromatic carbocycles. The average Bonchev–Trinajstić information content (AvgIpc) is 2.30. The minimum atomic E-state index is -3.44. The van der Waals surface area contributed by atoms with Crippen molar-refractivity contribution in [1.29, 1.82) is 0 Å². The second-order valence-electron chi connectivity index (χ2n) is 5.92. The standard InChI is InChI=1S/C14H22ClNO3S/c1-14(2,3)13(17)8-9-16-20(18,19)10-11-6-4-5-7-12(11)15/h4-7,13,16-17H,8-10H2,1-3H3/t13-/m1/s1. The molecule has 0 aliphatic rings. The lowest BCUT2D eigenvalue weighted by molar-refractivity contribution is 0.0571. The van der Waals surface area contributed by atoms with Gasteiger partial charge in [-0.05, 0) is 23.5 Å². The first kappa shape index (κ1) is 17.4. The summed E-state index contributed by atoms with van der Waals surface area (Å²) in [5.41, 5.74) is 0.312. The zero-order valence-electron chi connectivity index (χ0n) is 12.1. The van der Waals surface area contributed by atoms with Gasteiger partial charge in [0.05, 0.1) is 11.9 Å². The summed E-state index contributed by atoms with van der Waals surface area (Å²) in [6, 6.07) is 6.85. The van der Waals surface area contributed by atoms with Crippen molar-refractivity contribution in [3.05, 3.63) is 34.9 Å². The Bertz CT molecular complexity index is 538. The molecule has 6 heteroatoms. The molecule has 0 aliphatic carbocycles. The van der Waals surface area contributed by atoms with E-state index in [1.165, 1.54) is 0 Å². The molecule has 0 spiro atoms. The van der Waals surface area contributed by atoms with E-state index in [2.05, 4.69) is 4.72 Å². The number of hydrogen-bond donors (Lipinski definition) is 2. The van der Waals surface area contributed by atoms with Crippen molar-refractivity contribution in [3.8, 4) is 0 Å². The molecule has 0 saturated carbocycles. The Kier molecular flexibility index (Phi) is 6.01. The first-order valence-electron chi connectivity index (χ1n) is 6.50. The summed E-state index contributed by atoms with van der Waals surface area (Å²) in [5, 5.41) is 10.3. The predicted molar refractivity (Wildman–Crippen MR) is 82.2 cm³/mol. The minimum Gasteiger partial charge on any atom is -0.393 e. The SMILES string of the molecule is CC(C)(C)[C@H](O)CCNS(=O)(=O)Cc1ccccc1Cl. The van der Waals surface area contributed by atoms with E-state index in [9.17, 15) is 13.5 Å². The lowest BCUT2D eigenvalue weighted by Crippen LogP contribution is -2.33. The molecule has 4 nitrogen and oxygen atoms in total. The van der Waals surface area contributed by atoms with Crippen LogP contribution < -0.4 is 4.72 Å². The fourth-order valence-corrected chi connectivity index (χ4v) is 3.13. The summed E-state index contributed by atoms with van der Waals surface area (Å²) in [7, 11) is -3.44. The number of sulfonamides is 1. The maximum Gasteiger partial charge on any atom is 0.215 e. The predicted octanol–water partition coefficient (Wildman–Crippen LogP) is 2.56. The van der Waals surface area contributed by atoms with Crippen molar-refractivity contribution >= 4 is 21.6 Å². The molecule has 1 atom stereocenters. The Morgan fingerprint density at radius 3 is 2.45 bits per heavy atom. The summed E-state index contributed by atoms with van der Waals surface area (Å²) in [6.45, 7) is 5.95. The average molecular weight is 320 g/mol. The van der Waals surface area contributed by atoms with Crippen LogP contribution in [-0.2, 0) is 15.8 Å². The van der Waals surface area contributed by atoms with Gasteiger partial charge in [-0.15, -0.1) is 0 Å². The topological polar surface area (TPSA) is 66.4 Å². The van der Waals surface area contributed by atoms with Gasteiger partial charge >= 0.3 is 0 Å². The van der Waals surface area contributed by atoms with E-state index in [1.807, 2.05) is 20.8 Å². The van der Waals surface area contributed by atoms with Crippen LogP contribution in [0.3, 0.4) is 0 Å². The van der Waals surface area contributed by atoms with Crippen molar-refractivity contribution in [2.75, 3.05) is 6.54 Å². The molecule has 2 N–H and O–H groups in total. The number of halogens is 1. The van der Waals surface area contributed by atoms with E-state index >= 15 is 0 Å². The monoisotopic (exact) mass is 319 g/mol. The van der Waals surface area contributed by atoms with Crippen molar-refractivity contribution in [1.82, 2.24) is 4.72 Å².